The monoisotopic (exact) mass is 390 g/mol. The average Bonchev–Trinajstić information content (AvgIpc) is 3.12. The molecule has 1 amide bonds. The van der Waals surface area contributed by atoms with E-state index in [9.17, 15) is 14.3 Å². The van der Waals surface area contributed by atoms with Gasteiger partial charge in [-0.05, 0) is 24.1 Å². The first-order valence-corrected chi connectivity index (χ1v) is 9.55. The largest absolute Gasteiger partial charge is 0.447 e. The second kappa shape index (κ2) is 9.27. The minimum absolute atomic E-state index is 0.165. The molecule has 1 fully saturated rings. The predicted molar refractivity (Wildman–Crippen MR) is 103 cm³/mol. The number of nitrogens with one attached hydrogen (secondary N) is 1. The van der Waals surface area contributed by atoms with Crippen molar-refractivity contribution < 1.29 is 18.7 Å². The van der Waals surface area contributed by atoms with Gasteiger partial charge in [0, 0.05) is 38.4 Å². The van der Waals surface area contributed by atoms with Crippen molar-refractivity contribution in [1.29, 1.82) is 0 Å². The number of amides is 1. The van der Waals surface area contributed by atoms with E-state index in [0.29, 0.717) is 24.7 Å². The molecule has 2 heterocycles. The van der Waals surface area contributed by atoms with Crippen LogP contribution in [0.2, 0.25) is 0 Å². The Hall–Kier alpha value is -2.29. The molecule has 1 aliphatic rings. The highest BCUT2D eigenvalue weighted by molar-refractivity contribution is 6.02. The van der Waals surface area contributed by atoms with Gasteiger partial charge in [-0.3, -0.25) is 14.6 Å². The third kappa shape index (κ3) is 5.60. The van der Waals surface area contributed by atoms with Crippen LogP contribution >= 0.6 is 0 Å². The fraction of sp³-hybridized carbons (Fsp3) is 0.500. The van der Waals surface area contributed by atoms with E-state index in [4.69, 9.17) is 4.42 Å². The van der Waals surface area contributed by atoms with Crippen LogP contribution in [0.3, 0.4) is 0 Å². The maximum atomic E-state index is 13.2. The maximum Gasteiger partial charge on any atom is 0.277 e. The number of oxazole rings is 1. The van der Waals surface area contributed by atoms with E-state index in [0.717, 1.165) is 26.2 Å². The molecule has 0 radical (unpaired) electrons. The first-order valence-electron chi connectivity index (χ1n) is 9.55. The van der Waals surface area contributed by atoms with Crippen molar-refractivity contribution in [1.82, 2.24) is 14.8 Å². The van der Waals surface area contributed by atoms with Crippen LogP contribution in [0, 0.1) is 11.7 Å². The summed E-state index contributed by atoms with van der Waals surface area (Å²) in [7, 11) is 0. The zero-order chi connectivity index (χ0) is 20.1. The molecule has 3 rings (SSSR count). The lowest BCUT2D eigenvalue weighted by atomic mass is 10.1. The summed E-state index contributed by atoms with van der Waals surface area (Å²) in [6, 6.07) is 5.69. The SMILES string of the molecule is CC(C)[C@H](O)CN1CCN(Cc2nc(C(=O)Nc3cccc(F)c3)co2)CC1. The molecule has 1 saturated heterocycles. The van der Waals surface area contributed by atoms with Gasteiger partial charge >= 0.3 is 0 Å². The van der Waals surface area contributed by atoms with Gasteiger partial charge in [-0.2, -0.15) is 0 Å². The van der Waals surface area contributed by atoms with Crippen LogP contribution in [0.1, 0.15) is 30.2 Å². The lowest BCUT2D eigenvalue weighted by molar-refractivity contribution is 0.0463. The summed E-state index contributed by atoms with van der Waals surface area (Å²) in [6.07, 6.45) is 1.01. The van der Waals surface area contributed by atoms with E-state index in [-0.39, 0.29) is 17.7 Å². The lowest BCUT2D eigenvalue weighted by Gasteiger charge is -2.35. The van der Waals surface area contributed by atoms with E-state index >= 15 is 0 Å². The molecule has 0 bridgehead atoms. The zero-order valence-electron chi connectivity index (χ0n) is 16.3. The molecule has 0 saturated carbocycles. The number of rotatable bonds is 7. The molecule has 2 N–H and O–H groups in total. The number of aromatic nitrogens is 1. The number of aliphatic hydroxyl groups is 1. The molecule has 0 spiro atoms. The molecule has 152 valence electrons. The molecule has 1 aromatic heterocycles. The number of nitrogens with zero attached hydrogens (tertiary/aromatic N) is 3. The number of carbonyl (C=O) groups is 1. The topological polar surface area (TPSA) is 81.8 Å². The second-order valence-corrected chi connectivity index (χ2v) is 7.48. The number of β-amino-alcohol motifs (C(OH)–C–C–N with tert-alkyl or cyclic N) is 1. The number of halogens is 1. The standard InChI is InChI=1S/C20H27FN4O3/c1-14(2)18(26)11-24-6-8-25(9-7-24)12-19-23-17(13-28-19)20(27)22-16-5-3-4-15(21)10-16/h3-5,10,13-14,18,26H,6-9,11-12H2,1-2H3,(H,22,27)/t18-/m1/s1. The Kier molecular flexibility index (Phi) is 6.77. The highest BCUT2D eigenvalue weighted by Gasteiger charge is 2.22. The summed E-state index contributed by atoms with van der Waals surface area (Å²) in [5.74, 6) is -0.130. The van der Waals surface area contributed by atoms with Gasteiger partial charge in [-0.25, -0.2) is 9.37 Å². The normalized spacial score (nSPS) is 17.0. The van der Waals surface area contributed by atoms with Gasteiger partial charge in [0.05, 0.1) is 12.6 Å². The van der Waals surface area contributed by atoms with Gasteiger partial charge in [-0.1, -0.05) is 19.9 Å². The van der Waals surface area contributed by atoms with Crippen molar-refractivity contribution in [3.05, 3.63) is 47.9 Å². The minimum atomic E-state index is -0.437. The second-order valence-electron chi connectivity index (χ2n) is 7.48. The van der Waals surface area contributed by atoms with E-state index in [2.05, 4.69) is 20.1 Å². The highest BCUT2D eigenvalue weighted by atomic mass is 19.1. The van der Waals surface area contributed by atoms with Crippen molar-refractivity contribution in [3.63, 3.8) is 0 Å². The van der Waals surface area contributed by atoms with Crippen LogP contribution in [0.4, 0.5) is 10.1 Å². The number of benzene rings is 1. The van der Waals surface area contributed by atoms with Crippen LogP contribution in [-0.2, 0) is 6.54 Å². The van der Waals surface area contributed by atoms with Gasteiger partial charge < -0.3 is 14.8 Å². The van der Waals surface area contributed by atoms with Gasteiger partial charge in [0.25, 0.3) is 5.91 Å². The molecule has 2 aromatic rings. The average molecular weight is 390 g/mol. The van der Waals surface area contributed by atoms with Gasteiger partial charge in [-0.15, -0.1) is 0 Å². The Morgan fingerprint density at radius 1 is 1.29 bits per heavy atom. The molecule has 1 aromatic carbocycles. The van der Waals surface area contributed by atoms with Crippen molar-refractivity contribution in [2.24, 2.45) is 5.92 Å². The summed E-state index contributed by atoms with van der Waals surface area (Å²) < 4.78 is 18.6. The van der Waals surface area contributed by atoms with E-state index in [1.807, 2.05) is 13.8 Å². The first kappa shape index (κ1) is 20.4. The predicted octanol–water partition coefficient (Wildman–Crippen LogP) is 2.20. The number of piperazine rings is 1. The molecular formula is C20H27FN4O3. The smallest absolute Gasteiger partial charge is 0.277 e. The van der Waals surface area contributed by atoms with Crippen LogP contribution in [0.5, 0.6) is 0 Å². The molecule has 1 aliphatic heterocycles. The van der Waals surface area contributed by atoms with Crippen LogP contribution in [0.25, 0.3) is 0 Å². The van der Waals surface area contributed by atoms with Gasteiger partial charge in [0.2, 0.25) is 5.89 Å². The van der Waals surface area contributed by atoms with Crippen LogP contribution in [-0.4, -0.2) is 64.6 Å². The quantitative estimate of drug-likeness (QED) is 0.754. The Morgan fingerprint density at radius 3 is 2.68 bits per heavy atom. The Morgan fingerprint density at radius 2 is 2.00 bits per heavy atom. The Balaban J connectivity index is 1.48. The number of aliphatic hydroxyl groups excluding tert-OH is 1. The van der Waals surface area contributed by atoms with Crippen molar-refractivity contribution in [3.8, 4) is 0 Å². The Labute approximate surface area is 164 Å². The minimum Gasteiger partial charge on any atom is -0.447 e. The molecule has 0 unspecified atom stereocenters. The number of hydrogen-bond acceptors (Lipinski definition) is 6. The van der Waals surface area contributed by atoms with Crippen molar-refractivity contribution >= 4 is 11.6 Å². The van der Waals surface area contributed by atoms with Gasteiger partial charge in [0.1, 0.15) is 12.1 Å². The summed E-state index contributed by atoms with van der Waals surface area (Å²) >= 11 is 0. The fourth-order valence-electron chi connectivity index (χ4n) is 3.05. The summed E-state index contributed by atoms with van der Waals surface area (Å²) in [5, 5.41) is 12.6. The molecule has 1 atom stereocenters. The fourth-order valence-corrected chi connectivity index (χ4v) is 3.05. The van der Waals surface area contributed by atoms with Crippen LogP contribution in [0.15, 0.2) is 34.9 Å². The molecule has 0 aliphatic carbocycles. The zero-order valence-corrected chi connectivity index (χ0v) is 16.3. The molecule has 8 heteroatoms. The van der Waals surface area contributed by atoms with E-state index in [1.165, 1.54) is 24.5 Å². The van der Waals surface area contributed by atoms with Crippen molar-refractivity contribution in [2.75, 3.05) is 38.0 Å². The number of carbonyl (C=O) groups excluding carboxylic acids is 1. The van der Waals surface area contributed by atoms with E-state index in [1.54, 1.807) is 6.07 Å². The molecular weight excluding hydrogens is 363 g/mol. The summed E-state index contributed by atoms with van der Waals surface area (Å²) in [6.45, 7) is 8.69. The van der Waals surface area contributed by atoms with Crippen molar-refractivity contribution in [2.45, 2.75) is 26.5 Å². The summed E-state index contributed by atoms with van der Waals surface area (Å²) in [5.41, 5.74) is 0.534. The lowest BCUT2D eigenvalue weighted by Crippen LogP contribution is -2.48. The maximum absolute atomic E-state index is 13.2. The molecule has 28 heavy (non-hydrogen) atoms. The Bertz CT molecular complexity index is 787. The first-order chi connectivity index (χ1) is 13.4. The highest BCUT2D eigenvalue weighted by Crippen LogP contribution is 2.13. The third-order valence-corrected chi connectivity index (χ3v) is 4.91. The number of anilines is 1. The van der Waals surface area contributed by atoms with Gasteiger partial charge in [0.15, 0.2) is 5.69 Å². The number of hydrogen-bond donors (Lipinski definition) is 2. The molecule has 7 nitrogen and oxygen atoms in total. The van der Waals surface area contributed by atoms with E-state index < -0.39 is 11.7 Å². The summed E-state index contributed by atoms with van der Waals surface area (Å²) in [4.78, 5) is 20.9. The van der Waals surface area contributed by atoms with Crippen LogP contribution < -0.4 is 5.32 Å². The third-order valence-electron chi connectivity index (χ3n) is 4.91.